The Morgan fingerprint density at radius 2 is 1.38 bits per heavy atom. The summed E-state index contributed by atoms with van der Waals surface area (Å²) in [5.41, 5.74) is 6.72. The monoisotopic (exact) mass is 780 g/mol. The normalized spacial score (nSPS) is 11.8. The summed E-state index contributed by atoms with van der Waals surface area (Å²) >= 11 is 0. The van der Waals surface area contributed by atoms with Crippen LogP contribution in [0.1, 0.15) is 89.3 Å². The molecule has 58 heavy (non-hydrogen) atoms. The van der Waals surface area contributed by atoms with E-state index < -0.39 is 6.10 Å². The molecule has 0 bridgehead atoms. The predicted molar refractivity (Wildman–Crippen MR) is 222 cm³/mol. The molecular formula is C45H48N8O5. The van der Waals surface area contributed by atoms with Gasteiger partial charge in [0.25, 0.3) is 11.8 Å². The molecule has 3 heterocycles. The maximum atomic E-state index is 12.9. The molecule has 0 aliphatic heterocycles. The van der Waals surface area contributed by atoms with Gasteiger partial charge in [-0.2, -0.15) is 0 Å². The highest BCUT2D eigenvalue weighted by Crippen LogP contribution is 2.45. The van der Waals surface area contributed by atoms with Crippen LogP contribution in [-0.2, 0) is 9.53 Å². The van der Waals surface area contributed by atoms with Gasteiger partial charge in [0.1, 0.15) is 5.65 Å². The van der Waals surface area contributed by atoms with Gasteiger partial charge in [0.2, 0.25) is 5.91 Å². The molecule has 3 aromatic heterocycles. The number of carbonyl (C=O) groups excluding carboxylic acids is 4. The minimum atomic E-state index is -0.410. The lowest BCUT2D eigenvalue weighted by Crippen LogP contribution is -2.29. The van der Waals surface area contributed by atoms with E-state index >= 15 is 0 Å². The van der Waals surface area contributed by atoms with Gasteiger partial charge in [-0.05, 0) is 73.2 Å². The van der Waals surface area contributed by atoms with Crippen molar-refractivity contribution in [3.8, 4) is 16.8 Å². The first kappa shape index (κ1) is 39.5. The molecular weight excluding hydrogens is 733 g/mol. The van der Waals surface area contributed by atoms with E-state index in [1.807, 2.05) is 69.9 Å². The Hall–Kier alpha value is -6.76. The molecule has 0 fully saturated rings. The average Bonchev–Trinajstić information content (AvgIpc) is 4.00. The molecule has 0 spiro atoms. The number of nitrogens with one attached hydrogen (secondary N) is 3. The van der Waals surface area contributed by atoms with Crippen LogP contribution in [0.2, 0.25) is 0 Å². The number of ether oxygens (including phenoxy) is 1. The Kier molecular flexibility index (Phi) is 12.9. The average molecular weight is 781 g/mol. The fourth-order valence-corrected chi connectivity index (χ4v) is 7.12. The molecule has 3 N–H and O–H groups in total. The Labute approximate surface area is 337 Å². The van der Waals surface area contributed by atoms with Gasteiger partial charge < -0.3 is 34.6 Å². The number of amides is 4. The molecule has 0 radical (unpaired) electrons. The topological polar surface area (TPSA) is 152 Å². The number of imidazole rings is 2. The number of carbonyl (C=O) groups is 4. The van der Waals surface area contributed by atoms with Crippen LogP contribution in [0.3, 0.4) is 0 Å². The maximum absolute atomic E-state index is 12.9. The van der Waals surface area contributed by atoms with Crippen molar-refractivity contribution in [1.29, 1.82) is 0 Å². The predicted octanol–water partition coefficient (Wildman–Crippen LogP) is 7.58. The summed E-state index contributed by atoms with van der Waals surface area (Å²) in [7, 11) is 1.75. The van der Waals surface area contributed by atoms with Gasteiger partial charge in [0.15, 0.2) is 11.9 Å². The molecule has 0 atom stereocenters. The molecule has 7 rings (SSSR count). The number of fused-ring (bicyclic) bond motifs is 4. The first-order valence-corrected chi connectivity index (χ1v) is 19.9. The highest BCUT2D eigenvalue weighted by molar-refractivity contribution is 6.04. The summed E-state index contributed by atoms with van der Waals surface area (Å²) < 4.78 is 9.68. The highest BCUT2D eigenvalue weighted by Gasteiger charge is 2.31. The molecule has 1 aliphatic rings. The van der Waals surface area contributed by atoms with Gasteiger partial charge >= 0.3 is 6.09 Å². The number of rotatable bonds is 18. The minimum absolute atomic E-state index is 0.0397. The molecule has 0 saturated heterocycles. The number of hydrogen-bond acceptors (Lipinski definition) is 7. The Morgan fingerprint density at radius 1 is 0.724 bits per heavy atom. The lowest BCUT2D eigenvalue weighted by Gasteiger charge is -2.21. The number of anilines is 1. The van der Waals surface area contributed by atoms with E-state index in [4.69, 9.17) is 4.74 Å². The number of pyridine rings is 1. The second-order valence-electron chi connectivity index (χ2n) is 14.5. The van der Waals surface area contributed by atoms with Gasteiger partial charge in [0, 0.05) is 73.9 Å². The van der Waals surface area contributed by atoms with E-state index in [0.29, 0.717) is 48.6 Å². The molecule has 0 saturated carbocycles. The van der Waals surface area contributed by atoms with Gasteiger partial charge in [0.05, 0.1) is 18.2 Å². The highest BCUT2D eigenvalue weighted by atomic mass is 16.6. The fraction of sp³-hybridized carbons (Fsp3) is 0.289. The van der Waals surface area contributed by atoms with Gasteiger partial charge in [-0.15, -0.1) is 0 Å². The lowest BCUT2D eigenvalue weighted by atomic mass is 10.1. The SMILES string of the molecule is CN(CCCCCC(=O)NCCCCCCNC(=O)c1ccc(C(=O)Nc2cn3cc(-n4ccnc4)ccc3n2)cc1)C(=O)OC1c2ccccc2-c2ccccc21. The number of aromatic nitrogens is 4. The van der Waals surface area contributed by atoms with Crippen LogP contribution in [0.25, 0.3) is 22.5 Å². The molecule has 298 valence electrons. The van der Waals surface area contributed by atoms with Crippen LogP contribution >= 0.6 is 0 Å². The molecule has 13 nitrogen and oxygen atoms in total. The van der Waals surface area contributed by atoms with E-state index in [1.165, 1.54) is 0 Å². The van der Waals surface area contributed by atoms with Crippen LogP contribution in [0, 0.1) is 0 Å². The van der Waals surface area contributed by atoms with Crippen LogP contribution in [0.5, 0.6) is 0 Å². The third-order valence-electron chi connectivity index (χ3n) is 10.3. The summed E-state index contributed by atoms with van der Waals surface area (Å²) in [6.45, 7) is 1.72. The van der Waals surface area contributed by atoms with Gasteiger partial charge in [-0.1, -0.05) is 67.8 Å². The Morgan fingerprint density at radius 3 is 2.07 bits per heavy atom. The van der Waals surface area contributed by atoms with Crippen molar-refractivity contribution >= 4 is 35.3 Å². The summed E-state index contributed by atoms with van der Waals surface area (Å²) in [6.07, 6.45) is 14.6. The second-order valence-corrected chi connectivity index (χ2v) is 14.5. The number of nitrogens with zero attached hydrogens (tertiary/aromatic N) is 5. The molecule has 3 aromatic carbocycles. The van der Waals surface area contributed by atoms with Crippen molar-refractivity contribution in [3.63, 3.8) is 0 Å². The third kappa shape index (κ3) is 9.78. The number of unbranched alkanes of at least 4 members (excludes halogenated alkanes) is 5. The van der Waals surface area contributed by atoms with Crippen molar-refractivity contribution in [2.24, 2.45) is 0 Å². The van der Waals surface area contributed by atoms with Crippen LogP contribution < -0.4 is 16.0 Å². The molecule has 6 aromatic rings. The summed E-state index contributed by atoms with van der Waals surface area (Å²) in [5, 5.41) is 8.76. The van der Waals surface area contributed by atoms with E-state index in [9.17, 15) is 19.2 Å². The van der Waals surface area contributed by atoms with E-state index in [2.05, 4.69) is 38.1 Å². The summed E-state index contributed by atoms with van der Waals surface area (Å²) in [4.78, 5) is 61.0. The standard InChI is InChI=1S/C45H48N8O5/c1-51(45(57)58-42-37-15-8-6-13-35(37)36-14-7-9-16-38(36)42)27-12-4-5-17-41(54)47-24-10-2-3-11-25-48-43(55)32-18-20-33(21-19-32)44(56)50-39-30-53-29-34(22-23-40(53)49-39)52-28-26-46-31-52/h6-9,13-16,18-23,26,28-31,42H,2-5,10-12,17,24-25,27H2,1H3,(H,47,54)(H,48,55)(H,50,56). The van der Waals surface area contributed by atoms with Crippen molar-refractivity contribution in [1.82, 2.24) is 34.5 Å². The minimum Gasteiger partial charge on any atom is -0.436 e. The Balaban J connectivity index is 0.707. The van der Waals surface area contributed by atoms with Crippen LogP contribution in [-0.4, -0.2) is 74.3 Å². The molecule has 13 heteroatoms. The maximum Gasteiger partial charge on any atom is 0.410 e. The zero-order valence-corrected chi connectivity index (χ0v) is 32.6. The largest absolute Gasteiger partial charge is 0.436 e. The smallest absolute Gasteiger partial charge is 0.410 e. The zero-order valence-electron chi connectivity index (χ0n) is 32.6. The summed E-state index contributed by atoms with van der Waals surface area (Å²) in [5.74, 6) is -0.0539. The van der Waals surface area contributed by atoms with Crippen molar-refractivity contribution in [3.05, 3.63) is 138 Å². The van der Waals surface area contributed by atoms with E-state index in [1.54, 1.807) is 54.9 Å². The second kappa shape index (κ2) is 18.9. The molecule has 1 aliphatic carbocycles. The number of benzene rings is 3. The zero-order chi connectivity index (χ0) is 40.3. The van der Waals surface area contributed by atoms with Crippen LogP contribution in [0.15, 0.2) is 116 Å². The van der Waals surface area contributed by atoms with Gasteiger partial charge in [-0.25, -0.2) is 14.8 Å². The quantitative estimate of drug-likeness (QED) is 0.0761. The van der Waals surface area contributed by atoms with Crippen molar-refractivity contribution in [2.45, 2.75) is 57.5 Å². The number of hydrogen-bond donors (Lipinski definition) is 3. The Bertz CT molecular complexity index is 2310. The first-order chi connectivity index (χ1) is 28.3. The molecule has 4 amide bonds. The molecule has 0 unspecified atom stereocenters. The van der Waals surface area contributed by atoms with Crippen LogP contribution in [0.4, 0.5) is 10.6 Å². The first-order valence-electron chi connectivity index (χ1n) is 19.9. The van der Waals surface area contributed by atoms with Crippen molar-refractivity contribution in [2.75, 3.05) is 32.0 Å². The fourth-order valence-electron chi connectivity index (χ4n) is 7.12. The van der Waals surface area contributed by atoms with Gasteiger partial charge in [-0.3, -0.25) is 14.4 Å². The lowest BCUT2D eigenvalue weighted by molar-refractivity contribution is -0.121. The third-order valence-corrected chi connectivity index (χ3v) is 10.3. The van der Waals surface area contributed by atoms with Crippen molar-refractivity contribution < 1.29 is 23.9 Å². The van der Waals surface area contributed by atoms with E-state index in [0.717, 1.165) is 72.9 Å². The summed E-state index contributed by atoms with van der Waals surface area (Å²) in [6, 6.07) is 26.4. The van der Waals surface area contributed by atoms with E-state index in [-0.39, 0.29) is 23.8 Å².